The molecule has 0 amide bonds. The van der Waals surface area contributed by atoms with E-state index in [9.17, 15) is 10.1 Å². The monoisotopic (exact) mass is 325 g/mol. The minimum absolute atomic E-state index is 0.0249. The maximum Gasteiger partial charge on any atom is 0.294 e. The first-order valence-electron chi connectivity index (χ1n) is 6.94. The number of aliphatic hydroxyl groups is 1. The van der Waals surface area contributed by atoms with Gasteiger partial charge in [0.1, 0.15) is 5.69 Å². The van der Waals surface area contributed by atoms with Crippen LogP contribution in [-0.4, -0.2) is 59.4 Å². The minimum atomic E-state index is -0.403. The third-order valence-corrected chi connectivity index (χ3v) is 3.67. The number of hydrogen-bond donors (Lipinski definition) is 3. The van der Waals surface area contributed by atoms with E-state index >= 15 is 0 Å². The average molecular weight is 325 g/mol. The molecule has 0 aromatic heterocycles. The van der Waals surface area contributed by atoms with E-state index in [0.717, 1.165) is 13.1 Å². The van der Waals surface area contributed by atoms with Gasteiger partial charge < -0.3 is 21.1 Å². The van der Waals surface area contributed by atoms with Crippen molar-refractivity contribution < 1.29 is 10.0 Å². The number of nitro groups is 1. The SMILES string of the molecule is NC(=S)Nc1ccc(N2CCN(CCO)CC2)c([N+](=O)[O-])c1. The number of hydrogen-bond acceptors (Lipinski definition) is 6. The number of anilines is 2. The summed E-state index contributed by atoms with van der Waals surface area (Å²) in [5, 5.41) is 23.0. The van der Waals surface area contributed by atoms with Crippen molar-refractivity contribution >= 4 is 34.4 Å². The molecule has 1 aromatic rings. The summed E-state index contributed by atoms with van der Waals surface area (Å²) < 4.78 is 0. The number of benzene rings is 1. The standard InChI is InChI=1S/C13H19N5O3S/c14-13(22)15-10-1-2-11(12(9-10)18(20)21)17-5-3-16(4-6-17)7-8-19/h1-2,9,19H,3-8H2,(H3,14,15,22). The van der Waals surface area contributed by atoms with Gasteiger partial charge in [-0.25, -0.2) is 0 Å². The fourth-order valence-electron chi connectivity index (χ4n) is 2.51. The third-order valence-electron chi connectivity index (χ3n) is 3.57. The largest absolute Gasteiger partial charge is 0.395 e. The van der Waals surface area contributed by atoms with Crippen LogP contribution in [0.3, 0.4) is 0 Å². The van der Waals surface area contributed by atoms with Crippen molar-refractivity contribution in [2.75, 3.05) is 49.5 Å². The molecule has 1 aromatic carbocycles. The van der Waals surface area contributed by atoms with E-state index < -0.39 is 4.92 Å². The number of β-amino-alcohol motifs (C(OH)–C–C–N with tert-alkyl or cyclic N) is 1. The van der Waals surface area contributed by atoms with Crippen molar-refractivity contribution in [3.8, 4) is 0 Å². The highest BCUT2D eigenvalue weighted by atomic mass is 32.1. The van der Waals surface area contributed by atoms with E-state index in [4.69, 9.17) is 23.1 Å². The molecule has 1 fully saturated rings. The van der Waals surface area contributed by atoms with Gasteiger partial charge in [0.2, 0.25) is 0 Å². The number of piperazine rings is 1. The maximum atomic E-state index is 11.3. The summed E-state index contributed by atoms with van der Waals surface area (Å²) in [6, 6.07) is 4.87. The van der Waals surface area contributed by atoms with Crippen molar-refractivity contribution in [2.24, 2.45) is 5.73 Å². The molecule has 22 heavy (non-hydrogen) atoms. The van der Waals surface area contributed by atoms with E-state index in [2.05, 4.69) is 10.2 Å². The Balaban J connectivity index is 2.16. The second kappa shape index (κ2) is 7.34. The Hall–Kier alpha value is -1.97. The normalized spacial score (nSPS) is 15.6. The van der Waals surface area contributed by atoms with Gasteiger partial charge in [0.05, 0.1) is 11.5 Å². The lowest BCUT2D eigenvalue weighted by molar-refractivity contribution is -0.384. The fraction of sp³-hybridized carbons (Fsp3) is 0.462. The molecule has 0 unspecified atom stereocenters. The van der Waals surface area contributed by atoms with Crippen LogP contribution in [0.5, 0.6) is 0 Å². The van der Waals surface area contributed by atoms with Gasteiger partial charge in [0.15, 0.2) is 5.11 Å². The predicted molar refractivity (Wildman–Crippen MR) is 89.2 cm³/mol. The maximum absolute atomic E-state index is 11.3. The molecule has 2 rings (SSSR count). The van der Waals surface area contributed by atoms with Gasteiger partial charge in [-0.1, -0.05) is 0 Å². The molecule has 1 aliphatic rings. The summed E-state index contributed by atoms with van der Waals surface area (Å²) >= 11 is 4.74. The molecule has 4 N–H and O–H groups in total. The Bertz CT molecular complexity index is 561. The molecule has 1 saturated heterocycles. The predicted octanol–water partition coefficient (Wildman–Crippen LogP) is 0.365. The van der Waals surface area contributed by atoms with Gasteiger partial charge >= 0.3 is 0 Å². The number of nitrogens with one attached hydrogen (secondary N) is 1. The molecule has 120 valence electrons. The molecule has 0 spiro atoms. The molecule has 9 heteroatoms. The van der Waals surface area contributed by atoms with E-state index in [1.165, 1.54) is 6.07 Å². The summed E-state index contributed by atoms with van der Waals surface area (Å²) in [4.78, 5) is 15.0. The van der Waals surface area contributed by atoms with E-state index in [1.807, 2.05) is 4.90 Å². The fourth-order valence-corrected chi connectivity index (χ4v) is 2.63. The van der Waals surface area contributed by atoms with Crippen LogP contribution in [0, 0.1) is 10.1 Å². The van der Waals surface area contributed by atoms with Crippen LogP contribution in [0.25, 0.3) is 0 Å². The van der Waals surface area contributed by atoms with E-state index in [-0.39, 0.29) is 17.4 Å². The van der Waals surface area contributed by atoms with Crippen LogP contribution in [0.4, 0.5) is 17.1 Å². The van der Waals surface area contributed by atoms with Crippen LogP contribution in [0.1, 0.15) is 0 Å². The lowest BCUT2D eigenvalue weighted by Crippen LogP contribution is -2.47. The van der Waals surface area contributed by atoms with Crippen molar-refractivity contribution in [3.05, 3.63) is 28.3 Å². The second-order valence-corrected chi connectivity index (χ2v) is 5.44. The van der Waals surface area contributed by atoms with Crippen molar-refractivity contribution in [1.29, 1.82) is 0 Å². The molecular weight excluding hydrogens is 306 g/mol. The molecular formula is C13H19N5O3S. The molecule has 1 aliphatic heterocycles. The minimum Gasteiger partial charge on any atom is -0.395 e. The first-order valence-corrected chi connectivity index (χ1v) is 7.35. The number of nitro benzene ring substituents is 1. The molecule has 0 radical (unpaired) electrons. The Morgan fingerprint density at radius 1 is 1.41 bits per heavy atom. The van der Waals surface area contributed by atoms with Crippen LogP contribution in [0.2, 0.25) is 0 Å². The lowest BCUT2D eigenvalue weighted by atomic mass is 10.2. The number of thiocarbonyl (C=S) groups is 1. The number of aliphatic hydroxyl groups excluding tert-OH is 1. The van der Waals surface area contributed by atoms with Gasteiger partial charge in [0.25, 0.3) is 5.69 Å². The Labute approximate surface area is 133 Å². The highest BCUT2D eigenvalue weighted by Gasteiger charge is 2.23. The highest BCUT2D eigenvalue weighted by molar-refractivity contribution is 7.80. The zero-order valence-electron chi connectivity index (χ0n) is 12.1. The summed E-state index contributed by atoms with van der Waals surface area (Å²) in [6.07, 6.45) is 0. The Morgan fingerprint density at radius 2 is 2.09 bits per heavy atom. The van der Waals surface area contributed by atoms with E-state index in [0.29, 0.717) is 31.0 Å². The number of nitrogens with zero attached hydrogens (tertiary/aromatic N) is 3. The van der Waals surface area contributed by atoms with Crippen molar-refractivity contribution in [3.63, 3.8) is 0 Å². The van der Waals surface area contributed by atoms with Gasteiger partial charge in [-0.15, -0.1) is 0 Å². The molecule has 1 heterocycles. The molecule has 0 atom stereocenters. The zero-order valence-corrected chi connectivity index (χ0v) is 12.9. The van der Waals surface area contributed by atoms with Gasteiger partial charge in [-0.3, -0.25) is 15.0 Å². The number of rotatable bonds is 5. The second-order valence-electron chi connectivity index (χ2n) is 5.00. The average Bonchev–Trinajstić information content (AvgIpc) is 2.48. The summed E-state index contributed by atoms with van der Waals surface area (Å²) in [5.41, 5.74) is 6.50. The lowest BCUT2D eigenvalue weighted by Gasteiger charge is -2.35. The third kappa shape index (κ3) is 4.03. The van der Waals surface area contributed by atoms with Crippen LogP contribution in [-0.2, 0) is 0 Å². The first-order chi connectivity index (χ1) is 10.5. The zero-order chi connectivity index (χ0) is 16.1. The summed E-state index contributed by atoms with van der Waals surface area (Å²) in [6.45, 7) is 3.66. The van der Waals surface area contributed by atoms with Crippen LogP contribution >= 0.6 is 12.2 Å². The number of nitrogens with two attached hydrogens (primary N) is 1. The molecule has 0 saturated carbocycles. The van der Waals surface area contributed by atoms with Crippen LogP contribution < -0.4 is 16.0 Å². The molecule has 0 aliphatic carbocycles. The van der Waals surface area contributed by atoms with Crippen molar-refractivity contribution in [2.45, 2.75) is 0 Å². The summed E-state index contributed by atoms with van der Waals surface area (Å²) in [7, 11) is 0. The van der Waals surface area contributed by atoms with Gasteiger partial charge in [0, 0.05) is 44.5 Å². The highest BCUT2D eigenvalue weighted by Crippen LogP contribution is 2.31. The van der Waals surface area contributed by atoms with Crippen LogP contribution in [0.15, 0.2) is 18.2 Å². The Kier molecular flexibility index (Phi) is 5.47. The first kappa shape index (κ1) is 16.4. The smallest absolute Gasteiger partial charge is 0.294 e. The Morgan fingerprint density at radius 3 is 2.64 bits per heavy atom. The molecule has 8 nitrogen and oxygen atoms in total. The quantitative estimate of drug-likeness (QED) is 0.405. The van der Waals surface area contributed by atoms with E-state index in [1.54, 1.807) is 12.1 Å². The van der Waals surface area contributed by atoms with Crippen molar-refractivity contribution in [1.82, 2.24) is 4.90 Å². The summed E-state index contributed by atoms with van der Waals surface area (Å²) in [5.74, 6) is 0. The van der Waals surface area contributed by atoms with Gasteiger partial charge in [-0.2, -0.15) is 0 Å². The topological polar surface area (TPSA) is 108 Å². The molecule has 0 bridgehead atoms. The van der Waals surface area contributed by atoms with Gasteiger partial charge in [-0.05, 0) is 24.4 Å².